The van der Waals surface area contributed by atoms with Gasteiger partial charge in [0.05, 0.1) is 31.1 Å². The summed E-state index contributed by atoms with van der Waals surface area (Å²) >= 11 is 0. The standard InChI is InChI=1S/C20H25N7O2/c28-20-3-2-19(26-7-1-6-21-26)23-27(20)13-16-4-8-24(9-5-16)14-17-12-18-15-29-11-10-25(18)22-17/h1-3,6-7,12,16H,4-5,8-11,13-15H2. The third-order valence-corrected chi connectivity index (χ3v) is 5.73. The Morgan fingerprint density at radius 2 is 2.03 bits per heavy atom. The Morgan fingerprint density at radius 1 is 1.14 bits per heavy atom. The maximum atomic E-state index is 12.3. The first-order chi connectivity index (χ1) is 14.2. The molecule has 0 radical (unpaired) electrons. The SMILES string of the molecule is O=c1ccc(-n2cccn2)nn1CC1CCN(Cc2cc3n(n2)CCOC3)CC1. The Hall–Kier alpha value is -2.78. The topological polar surface area (TPSA) is 83.0 Å². The molecule has 29 heavy (non-hydrogen) atoms. The van der Waals surface area contributed by atoms with Crippen molar-refractivity contribution in [1.29, 1.82) is 0 Å². The van der Waals surface area contributed by atoms with Gasteiger partial charge in [-0.3, -0.25) is 14.4 Å². The van der Waals surface area contributed by atoms with E-state index in [9.17, 15) is 4.79 Å². The third-order valence-electron chi connectivity index (χ3n) is 5.73. The minimum absolute atomic E-state index is 0.0610. The molecule has 0 bridgehead atoms. The van der Waals surface area contributed by atoms with E-state index in [4.69, 9.17) is 9.84 Å². The van der Waals surface area contributed by atoms with Crippen LogP contribution in [0.25, 0.3) is 5.82 Å². The van der Waals surface area contributed by atoms with Crippen molar-refractivity contribution in [2.45, 2.75) is 39.1 Å². The predicted molar refractivity (Wildman–Crippen MR) is 106 cm³/mol. The van der Waals surface area contributed by atoms with Gasteiger partial charge < -0.3 is 4.74 Å². The van der Waals surface area contributed by atoms with E-state index in [1.807, 2.05) is 12.3 Å². The van der Waals surface area contributed by atoms with Crippen LogP contribution in [0.15, 0.2) is 41.5 Å². The molecular formula is C20H25N7O2. The molecule has 5 rings (SSSR count). The molecule has 9 heteroatoms. The van der Waals surface area contributed by atoms with E-state index in [-0.39, 0.29) is 5.56 Å². The summed E-state index contributed by atoms with van der Waals surface area (Å²) in [6.45, 7) is 5.80. The fourth-order valence-corrected chi connectivity index (χ4v) is 4.13. The van der Waals surface area contributed by atoms with Crippen molar-refractivity contribution >= 4 is 0 Å². The second-order valence-electron chi connectivity index (χ2n) is 7.78. The number of fused-ring (bicyclic) bond motifs is 1. The minimum Gasteiger partial charge on any atom is -0.373 e. The third kappa shape index (κ3) is 4.01. The van der Waals surface area contributed by atoms with Gasteiger partial charge in [0, 0.05) is 31.5 Å². The zero-order valence-electron chi connectivity index (χ0n) is 16.4. The van der Waals surface area contributed by atoms with Crippen LogP contribution in [0.4, 0.5) is 0 Å². The Morgan fingerprint density at radius 3 is 2.83 bits per heavy atom. The lowest BCUT2D eigenvalue weighted by molar-refractivity contribution is 0.0799. The molecule has 3 aromatic rings. The minimum atomic E-state index is -0.0610. The van der Waals surface area contributed by atoms with Crippen LogP contribution in [-0.2, 0) is 31.0 Å². The van der Waals surface area contributed by atoms with Crippen LogP contribution in [-0.4, -0.2) is 53.9 Å². The Labute approximate surface area is 168 Å². The summed E-state index contributed by atoms with van der Waals surface area (Å²) in [5.41, 5.74) is 2.23. The maximum absolute atomic E-state index is 12.3. The fourth-order valence-electron chi connectivity index (χ4n) is 4.13. The summed E-state index contributed by atoms with van der Waals surface area (Å²) in [6.07, 6.45) is 5.64. The molecule has 2 aliphatic rings. The molecule has 0 amide bonds. The van der Waals surface area contributed by atoms with Gasteiger partial charge in [-0.1, -0.05) is 0 Å². The van der Waals surface area contributed by atoms with Gasteiger partial charge in [0.25, 0.3) is 5.56 Å². The molecule has 1 fully saturated rings. The number of ether oxygens (including phenoxy) is 1. The Bertz CT molecular complexity index is 992. The lowest BCUT2D eigenvalue weighted by Gasteiger charge is -2.31. The number of aromatic nitrogens is 6. The Kier molecular flexibility index (Phi) is 4.99. The molecule has 0 saturated carbocycles. The molecule has 1 saturated heterocycles. The number of nitrogens with zero attached hydrogens (tertiary/aromatic N) is 7. The van der Waals surface area contributed by atoms with Crippen LogP contribution in [0, 0.1) is 5.92 Å². The van der Waals surface area contributed by atoms with Crippen molar-refractivity contribution in [2.75, 3.05) is 19.7 Å². The second-order valence-corrected chi connectivity index (χ2v) is 7.78. The first-order valence-electron chi connectivity index (χ1n) is 10.2. The number of rotatable bonds is 5. The molecule has 0 spiro atoms. The van der Waals surface area contributed by atoms with Gasteiger partial charge in [-0.25, -0.2) is 9.36 Å². The smallest absolute Gasteiger partial charge is 0.266 e. The van der Waals surface area contributed by atoms with Gasteiger partial charge in [-0.2, -0.15) is 10.2 Å². The van der Waals surface area contributed by atoms with E-state index in [1.54, 1.807) is 27.7 Å². The van der Waals surface area contributed by atoms with Gasteiger partial charge in [-0.05, 0) is 50.0 Å². The maximum Gasteiger partial charge on any atom is 0.266 e. The zero-order valence-corrected chi connectivity index (χ0v) is 16.4. The number of hydrogen-bond acceptors (Lipinski definition) is 6. The normalized spacial score (nSPS) is 18.1. The summed E-state index contributed by atoms with van der Waals surface area (Å²) < 4.78 is 10.8. The van der Waals surface area contributed by atoms with Crippen LogP contribution in [0.5, 0.6) is 0 Å². The molecular weight excluding hydrogens is 370 g/mol. The van der Waals surface area contributed by atoms with Gasteiger partial charge in [0.1, 0.15) is 0 Å². The summed E-state index contributed by atoms with van der Waals surface area (Å²) in [4.78, 5) is 14.7. The molecule has 9 nitrogen and oxygen atoms in total. The first-order valence-corrected chi connectivity index (χ1v) is 10.2. The van der Waals surface area contributed by atoms with E-state index < -0.39 is 0 Å². The van der Waals surface area contributed by atoms with Gasteiger partial charge >= 0.3 is 0 Å². The van der Waals surface area contributed by atoms with E-state index in [1.165, 1.54) is 5.69 Å². The molecule has 0 unspecified atom stereocenters. The van der Waals surface area contributed by atoms with Crippen LogP contribution < -0.4 is 5.56 Å². The highest BCUT2D eigenvalue weighted by Crippen LogP contribution is 2.21. The zero-order chi connectivity index (χ0) is 19.6. The Balaban J connectivity index is 1.19. The molecule has 3 aromatic heterocycles. The quantitative estimate of drug-likeness (QED) is 0.643. The molecule has 152 valence electrons. The van der Waals surface area contributed by atoms with Crippen molar-refractivity contribution in [1.82, 2.24) is 34.2 Å². The van der Waals surface area contributed by atoms with Crippen molar-refractivity contribution in [3.63, 3.8) is 0 Å². The van der Waals surface area contributed by atoms with E-state index in [0.29, 0.717) is 24.9 Å². The first kappa shape index (κ1) is 18.3. The average Bonchev–Trinajstić information content (AvgIpc) is 3.40. The summed E-state index contributed by atoms with van der Waals surface area (Å²) in [5, 5.41) is 13.4. The molecule has 0 aromatic carbocycles. The van der Waals surface area contributed by atoms with Crippen LogP contribution in [0.1, 0.15) is 24.2 Å². The second kappa shape index (κ2) is 7.92. The highest BCUT2D eigenvalue weighted by molar-refractivity contribution is 5.17. The number of piperidine rings is 1. The van der Waals surface area contributed by atoms with Gasteiger partial charge in [0.15, 0.2) is 5.82 Å². The van der Waals surface area contributed by atoms with Crippen LogP contribution in [0.3, 0.4) is 0 Å². The van der Waals surface area contributed by atoms with Crippen molar-refractivity contribution in [3.8, 4) is 5.82 Å². The molecule has 0 aliphatic carbocycles. The molecule has 5 heterocycles. The van der Waals surface area contributed by atoms with Gasteiger partial charge in [0.2, 0.25) is 0 Å². The van der Waals surface area contributed by atoms with E-state index in [2.05, 4.69) is 25.8 Å². The van der Waals surface area contributed by atoms with Crippen LogP contribution >= 0.6 is 0 Å². The average molecular weight is 395 g/mol. The lowest BCUT2D eigenvalue weighted by Crippen LogP contribution is -2.36. The summed E-state index contributed by atoms with van der Waals surface area (Å²) in [7, 11) is 0. The molecule has 0 atom stereocenters. The van der Waals surface area contributed by atoms with Crippen molar-refractivity contribution in [3.05, 3.63) is 58.4 Å². The fraction of sp³-hybridized carbons (Fsp3) is 0.500. The summed E-state index contributed by atoms with van der Waals surface area (Å²) in [5.74, 6) is 1.12. The predicted octanol–water partition coefficient (Wildman–Crippen LogP) is 1.07. The highest BCUT2D eigenvalue weighted by Gasteiger charge is 2.22. The van der Waals surface area contributed by atoms with Crippen molar-refractivity contribution < 1.29 is 4.74 Å². The highest BCUT2D eigenvalue weighted by atomic mass is 16.5. The van der Waals surface area contributed by atoms with E-state index in [0.717, 1.165) is 51.3 Å². The van der Waals surface area contributed by atoms with Crippen molar-refractivity contribution in [2.24, 2.45) is 5.92 Å². The largest absolute Gasteiger partial charge is 0.373 e. The van der Waals surface area contributed by atoms with E-state index >= 15 is 0 Å². The lowest BCUT2D eigenvalue weighted by atomic mass is 9.96. The van der Waals surface area contributed by atoms with Gasteiger partial charge in [-0.15, -0.1) is 5.10 Å². The monoisotopic (exact) mass is 395 g/mol. The molecule has 0 N–H and O–H groups in total. The summed E-state index contributed by atoms with van der Waals surface area (Å²) in [6, 6.07) is 7.29. The number of likely N-dealkylation sites (tertiary alicyclic amines) is 1. The number of hydrogen-bond donors (Lipinski definition) is 0. The van der Waals surface area contributed by atoms with Crippen LogP contribution in [0.2, 0.25) is 0 Å². The molecule has 2 aliphatic heterocycles.